The van der Waals surface area contributed by atoms with E-state index in [4.69, 9.17) is 0 Å². The van der Waals surface area contributed by atoms with Crippen LogP contribution in [0.5, 0.6) is 0 Å². The standard InChI is InChI=1S/C5H8O2.C4H11N/c1-3-5(6)7-4-2;1-3-5-4-2/h3H,1,4H2,2H3;5H,3-4H2,1-2H3. The Morgan fingerprint density at radius 2 is 1.92 bits per heavy atom. The molecule has 12 heavy (non-hydrogen) atoms. The number of rotatable bonds is 4. The Morgan fingerprint density at radius 3 is 2.00 bits per heavy atom. The minimum absolute atomic E-state index is 0.359. The molecule has 0 rings (SSSR count). The van der Waals surface area contributed by atoms with Gasteiger partial charge in [-0.25, -0.2) is 4.79 Å². The summed E-state index contributed by atoms with van der Waals surface area (Å²) in [6.07, 6.45) is 1.14. The van der Waals surface area contributed by atoms with Gasteiger partial charge < -0.3 is 10.1 Å². The lowest BCUT2D eigenvalue weighted by atomic mass is 10.6. The fraction of sp³-hybridized carbons (Fsp3) is 0.667. The summed E-state index contributed by atoms with van der Waals surface area (Å²) < 4.78 is 4.43. The lowest BCUT2D eigenvalue weighted by Crippen LogP contribution is -2.09. The Bertz CT molecular complexity index is 111. The predicted octanol–water partition coefficient (Wildman–Crippen LogP) is 1.35. The number of carbonyl (C=O) groups excluding carboxylic acids is 1. The Hall–Kier alpha value is -0.830. The van der Waals surface area contributed by atoms with Crippen molar-refractivity contribution in [3.63, 3.8) is 0 Å². The summed E-state index contributed by atoms with van der Waals surface area (Å²) in [5.41, 5.74) is 0. The fourth-order valence-electron chi connectivity index (χ4n) is 0.451. The molecule has 3 heteroatoms. The van der Waals surface area contributed by atoms with Crippen LogP contribution < -0.4 is 5.32 Å². The molecule has 0 atom stereocenters. The molecule has 72 valence electrons. The first-order valence-electron chi connectivity index (χ1n) is 4.22. The summed E-state index contributed by atoms with van der Waals surface area (Å²) in [6, 6.07) is 0. The van der Waals surface area contributed by atoms with Gasteiger partial charge in [-0.15, -0.1) is 0 Å². The van der Waals surface area contributed by atoms with Crippen LogP contribution in [-0.4, -0.2) is 25.7 Å². The smallest absolute Gasteiger partial charge is 0.330 e. The van der Waals surface area contributed by atoms with Crippen molar-refractivity contribution in [1.29, 1.82) is 0 Å². The maximum absolute atomic E-state index is 10.1. The zero-order chi connectivity index (χ0) is 9.82. The third-order valence-corrected chi connectivity index (χ3v) is 0.953. The predicted molar refractivity (Wildman–Crippen MR) is 51.0 cm³/mol. The van der Waals surface area contributed by atoms with E-state index in [9.17, 15) is 4.79 Å². The highest BCUT2D eigenvalue weighted by atomic mass is 16.5. The van der Waals surface area contributed by atoms with E-state index in [-0.39, 0.29) is 5.97 Å². The molecule has 0 aromatic rings. The summed E-state index contributed by atoms with van der Waals surface area (Å²) in [5, 5.41) is 3.11. The van der Waals surface area contributed by atoms with Crippen molar-refractivity contribution >= 4 is 5.97 Å². The molecule has 0 amide bonds. The molecule has 0 aliphatic rings. The van der Waals surface area contributed by atoms with Crippen molar-refractivity contribution in [2.75, 3.05) is 19.7 Å². The van der Waals surface area contributed by atoms with E-state index < -0.39 is 0 Å². The van der Waals surface area contributed by atoms with Gasteiger partial charge in [0.15, 0.2) is 0 Å². The number of carbonyl (C=O) groups is 1. The SMILES string of the molecule is C=CC(=O)OCC.CCNCC. The van der Waals surface area contributed by atoms with Gasteiger partial charge in [-0.3, -0.25) is 0 Å². The van der Waals surface area contributed by atoms with Crippen LogP contribution in [0.2, 0.25) is 0 Å². The molecule has 0 aliphatic carbocycles. The van der Waals surface area contributed by atoms with Gasteiger partial charge in [0.1, 0.15) is 0 Å². The number of hydrogen-bond donors (Lipinski definition) is 1. The van der Waals surface area contributed by atoms with Crippen LogP contribution in [0.1, 0.15) is 20.8 Å². The van der Waals surface area contributed by atoms with Gasteiger partial charge in [-0.05, 0) is 20.0 Å². The maximum Gasteiger partial charge on any atom is 0.330 e. The van der Waals surface area contributed by atoms with Crippen LogP contribution in [-0.2, 0) is 9.53 Å². The third-order valence-electron chi connectivity index (χ3n) is 0.953. The molecule has 1 N–H and O–H groups in total. The highest BCUT2D eigenvalue weighted by Gasteiger charge is 1.86. The van der Waals surface area contributed by atoms with E-state index in [1.165, 1.54) is 0 Å². The minimum atomic E-state index is -0.359. The Kier molecular flexibility index (Phi) is 14.7. The Labute approximate surface area is 74.8 Å². The van der Waals surface area contributed by atoms with Crippen molar-refractivity contribution in [3.05, 3.63) is 12.7 Å². The molecule has 0 radical (unpaired) electrons. The van der Waals surface area contributed by atoms with Crippen LogP contribution in [0.4, 0.5) is 0 Å². The molecule has 0 saturated heterocycles. The Balaban J connectivity index is 0. The number of nitrogens with one attached hydrogen (secondary N) is 1. The summed E-state index contributed by atoms with van der Waals surface area (Å²) in [4.78, 5) is 10.1. The second kappa shape index (κ2) is 12.8. The van der Waals surface area contributed by atoms with Crippen molar-refractivity contribution in [3.8, 4) is 0 Å². The molecule has 0 bridgehead atoms. The number of hydrogen-bond acceptors (Lipinski definition) is 3. The Morgan fingerprint density at radius 1 is 1.42 bits per heavy atom. The largest absolute Gasteiger partial charge is 0.463 e. The van der Waals surface area contributed by atoms with Gasteiger partial charge >= 0.3 is 5.97 Å². The lowest BCUT2D eigenvalue weighted by Gasteiger charge is -1.90. The zero-order valence-corrected chi connectivity index (χ0v) is 8.22. The molecule has 0 heterocycles. The zero-order valence-electron chi connectivity index (χ0n) is 8.22. The van der Waals surface area contributed by atoms with Crippen LogP contribution in [0.25, 0.3) is 0 Å². The average molecular weight is 173 g/mol. The molecule has 0 spiro atoms. The molecule has 0 aromatic carbocycles. The van der Waals surface area contributed by atoms with Crippen LogP contribution >= 0.6 is 0 Å². The van der Waals surface area contributed by atoms with Gasteiger partial charge in [0, 0.05) is 6.08 Å². The van der Waals surface area contributed by atoms with E-state index in [2.05, 4.69) is 30.5 Å². The molecular formula is C9H19NO2. The third kappa shape index (κ3) is 16.1. The molecule has 0 fully saturated rings. The average Bonchev–Trinajstić information content (AvgIpc) is 2.07. The summed E-state index contributed by atoms with van der Waals surface area (Å²) >= 11 is 0. The second-order valence-corrected chi connectivity index (χ2v) is 1.91. The van der Waals surface area contributed by atoms with Crippen LogP contribution in [0.15, 0.2) is 12.7 Å². The highest BCUT2D eigenvalue weighted by Crippen LogP contribution is 1.74. The summed E-state index contributed by atoms with van der Waals surface area (Å²) in [7, 11) is 0. The van der Waals surface area contributed by atoms with Gasteiger partial charge in [-0.2, -0.15) is 0 Å². The molecule has 0 aromatic heterocycles. The maximum atomic E-state index is 10.1. The van der Waals surface area contributed by atoms with E-state index in [1.807, 2.05) is 0 Å². The van der Waals surface area contributed by atoms with Gasteiger partial charge in [0.05, 0.1) is 6.61 Å². The molecule has 0 saturated carbocycles. The molecule has 0 aliphatic heterocycles. The fourth-order valence-corrected chi connectivity index (χ4v) is 0.451. The van der Waals surface area contributed by atoms with Crippen molar-refractivity contribution in [1.82, 2.24) is 5.32 Å². The van der Waals surface area contributed by atoms with E-state index >= 15 is 0 Å². The summed E-state index contributed by atoms with van der Waals surface area (Å²) in [6.45, 7) is 11.8. The molecular weight excluding hydrogens is 154 g/mol. The van der Waals surface area contributed by atoms with Crippen LogP contribution in [0.3, 0.4) is 0 Å². The second-order valence-electron chi connectivity index (χ2n) is 1.91. The van der Waals surface area contributed by atoms with Gasteiger partial charge in [-0.1, -0.05) is 20.4 Å². The quantitative estimate of drug-likeness (QED) is 0.515. The first-order chi connectivity index (χ1) is 5.72. The monoisotopic (exact) mass is 173 g/mol. The molecule has 3 nitrogen and oxygen atoms in total. The van der Waals surface area contributed by atoms with Crippen molar-refractivity contribution in [2.24, 2.45) is 0 Å². The van der Waals surface area contributed by atoms with Gasteiger partial charge in [0.25, 0.3) is 0 Å². The number of esters is 1. The lowest BCUT2D eigenvalue weighted by molar-refractivity contribution is -0.137. The van der Waals surface area contributed by atoms with E-state index in [0.29, 0.717) is 6.61 Å². The van der Waals surface area contributed by atoms with Gasteiger partial charge in [0.2, 0.25) is 0 Å². The van der Waals surface area contributed by atoms with Crippen LogP contribution in [0, 0.1) is 0 Å². The first kappa shape index (κ1) is 13.7. The summed E-state index contributed by atoms with van der Waals surface area (Å²) in [5.74, 6) is -0.359. The first-order valence-corrected chi connectivity index (χ1v) is 4.22. The van der Waals surface area contributed by atoms with E-state index in [1.54, 1.807) is 6.92 Å². The topological polar surface area (TPSA) is 38.3 Å². The number of ether oxygens (including phenoxy) is 1. The van der Waals surface area contributed by atoms with E-state index in [0.717, 1.165) is 19.2 Å². The normalized spacial score (nSPS) is 7.92. The molecule has 0 unspecified atom stereocenters. The van der Waals surface area contributed by atoms with Crippen molar-refractivity contribution < 1.29 is 9.53 Å². The van der Waals surface area contributed by atoms with Crippen molar-refractivity contribution in [2.45, 2.75) is 20.8 Å². The highest BCUT2D eigenvalue weighted by molar-refractivity contribution is 5.81. The minimum Gasteiger partial charge on any atom is -0.463 e.